The summed E-state index contributed by atoms with van der Waals surface area (Å²) in [6.07, 6.45) is 0. The summed E-state index contributed by atoms with van der Waals surface area (Å²) in [4.78, 5) is 0. The molecule has 0 spiro atoms. The highest BCUT2D eigenvalue weighted by Crippen LogP contribution is 2.05. The minimum Gasteiger partial charge on any atom is -0.400 e. The second kappa shape index (κ2) is 22.5. The van der Waals surface area contributed by atoms with Gasteiger partial charge < -0.3 is 5.11 Å². The zero-order valence-corrected chi connectivity index (χ0v) is 8.90. The second-order valence-corrected chi connectivity index (χ2v) is 2.53. The van der Waals surface area contributed by atoms with Crippen LogP contribution in [-0.4, -0.2) is 17.6 Å². The van der Waals surface area contributed by atoms with E-state index in [-0.39, 0.29) is 9.83 Å². The van der Waals surface area contributed by atoms with Crippen molar-refractivity contribution in [2.75, 3.05) is 12.4 Å². The lowest BCUT2D eigenvalue weighted by Gasteiger charge is -1.64. The topological polar surface area (TPSA) is 20.2 Å². The van der Waals surface area contributed by atoms with E-state index >= 15 is 0 Å². The van der Waals surface area contributed by atoms with E-state index in [1.54, 1.807) is 0 Å². The number of hydrogen-bond donors (Lipinski definition) is 1. The molecule has 0 aromatic carbocycles. The van der Waals surface area contributed by atoms with E-state index in [9.17, 15) is 0 Å². The predicted octanol–water partition coefficient (Wildman–Crippen LogP) is 3.53. The third-order valence-corrected chi connectivity index (χ3v) is 0.742. The first-order valence-electron chi connectivity index (χ1n) is 1.87. The number of aliphatic hydroxyl groups excluding tert-OH is 1. The zero-order valence-electron chi connectivity index (χ0n) is 5.12. The third-order valence-electron chi connectivity index (χ3n) is 0.0825. The van der Waals surface area contributed by atoms with Gasteiger partial charge >= 0.3 is 0 Å². The molecule has 0 bridgehead atoms. The van der Waals surface area contributed by atoms with Crippen LogP contribution in [0.2, 0.25) is 0 Å². The Morgan fingerprint density at radius 3 is 1.40 bits per heavy atom. The molecule has 0 amide bonds. The van der Waals surface area contributed by atoms with Gasteiger partial charge in [0.05, 0.1) is 5.34 Å². The lowest BCUT2D eigenvalue weighted by Crippen LogP contribution is -1.33. The molecule has 0 aliphatic carbocycles. The zero-order chi connectivity index (χ0) is 8.99. The smallest absolute Gasteiger partial charge is 0.118 e. The summed E-state index contributed by atoms with van der Waals surface area (Å²) in [5, 5.41) is 7.19. The molecule has 0 aromatic heterocycles. The Bertz CT molecular complexity index is 60.7. The monoisotopic (exact) mass is 246 g/mol. The summed E-state index contributed by atoms with van der Waals surface area (Å²) in [7, 11) is 1.00. The minimum absolute atomic E-state index is 0.0895. The van der Waals surface area contributed by atoms with Crippen LogP contribution >= 0.6 is 58.0 Å². The van der Waals surface area contributed by atoms with Crippen molar-refractivity contribution in [3.63, 3.8) is 0 Å². The summed E-state index contributed by atoms with van der Waals surface area (Å²) >= 11 is 24.4. The van der Waals surface area contributed by atoms with Crippen LogP contribution in [0.3, 0.4) is 0 Å². The van der Waals surface area contributed by atoms with Crippen LogP contribution in [-0.2, 0) is 0 Å². The summed E-state index contributed by atoms with van der Waals surface area (Å²) in [5.74, 6) is 0. The highest BCUT2D eigenvalue weighted by Gasteiger charge is 1.70. The van der Waals surface area contributed by atoms with Gasteiger partial charge in [0.2, 0.25) is 0 Å². The van der Waals surface area contributed by atoms with E-state index in [1.807, 2.05) is 0 Å². The molecule has 0 saturated heterocycles. The fourth-order valence-electron chi connectivity index (χ4n) is 0. The highest BCUT2D eigenvalue weighted by atomic mass is 35.5. The van der Waals surface area contributed by atoms with Crippen molar-refractivity contribution in [1.82, 2.24) is 0 Å². The number of hydrogen-bond acceptors (Lipinski definition) is 1. The first-order chi connectivity index (χ1) is 4.68. The quantitative estimate of drug-likeness (QED) is 0.650. The summed E-state index contributed by atoms with van der Waals surface area (Å²) < 4.78 is 0.0895. The molecule has 0 aliphatic rings. The Kier molecular flexibility index (Phi) is 38.9. The van der Waals surface area contributed by atoms with Gasteiger partial charge in [0.25, 0.3) is 0 Å². The molecule has 0 atom stereocenters. The van der Waals surface area contributed by atoms with Gasteiger partial charge in [-0.1, -0.05) is 34.8 Å². The van der Waals surface area contributed by atoms with E-state index in [1.165, 1.54) is 0 Å². The molecule has 0 heterocycles. The first-order valence-corrected chi connectivity index (χ1v) is 4.13. The van der Waals surface area contributed by atoms with E-state index < -0.39 is 0 Å². The summed E-state index contributed by atoms with van der Waals surface area (Å²) in [6.45, 7) is 0. The van der Waals surface area contributed by atoms with Gasteiger partial charge in [-0.25, -0.2) is 0 Å². The molecule has 0 rings (SSSR count). The molecule has 0 saturated carbocycles. The van der Waals surface area contributed by atoms with Crippen molar-refractivity contribution in [3.05, 3.63) is 10.0 Å². The largest absolute Gasteiger partial charge is 0.400 e. The molecule has 64 valence electrons. The van der Waals surface area contributed by atoms with Crippen molar-refractivity contribution >= 4 is 58.0 Å². The molecule has 1 nitrogen and oxygen atoms in total. The van der Waals surface area contributed by atoms with Crippen molar-refractivity contribution in [3.8, 4) is 0 Å². The molecule has 0 aromatic rings. The molecular weight excluding hydrogens is 241 g/mol. The Morgan fingerprint density at radius 2 is 1.40 bits per heavy atom. The Hall–Kier alpha value is 1.15. The molecule has 0 unspecified atom stereocenters. The van der Waals surface area contributed by atoms with E-state index in [0.29, 0.717) is 0 Å². The van der Waals surface area contributed by atoms with E-state index in [0.717, 1.165) is 12.6 Å². The number of rotatable bonds is 0. The Balaban J connectivity index is -0.0000000847. The number of halogens is 5. The van der Waals surface area contributed by atoms with E-state index in [2.05, 4.69) is 0 Å². The van der Waals surface area contributed by atoms with E-state index in [4.69, 9.17) is 63.1 Å². The van der Waals surface area contributed by atoms with Crippen LogP contribution in [0.25, 0.3) is 0 Å². The standard InChI is InChI=1S/C2HCl3.CH2Cl2.CH4O/c3-1-2(4)5;2-1-3;1-2/h1H;1H2;2H,1H3. The summed E-state index contributed by atoms with van der Waals surface area (Å²) in [5.41, 5.74) is 1.09. The van der Waals surface area contributed by atoms with Crippen LogP contribution < -0.4 is 0 Å². The van der Waals surface area contributed by atoms with Crippen molar-refractivity contribution in [2.24, 2.45) is 0 Å². The maximum atomic E-state index is 7.00. The van der Waals surface area contributed by atoms with Gasteiger partial charge in [0.15, 0.2) is 0 Å². The fourth-order valence-corrected chi connectivity index (χ4v) is 0. The van der Waals surface area contributed by atoms with Crippen LogP contribution in [0, 0.1) is 0 Å². The molecule has 0 radical (unpaired) electrons. The lowest BCUT2D eigenvalue weighted by atomic mass is 11.2. The number of alkyl halides is 2. The third kappa shape index (κ3) is 61.3. The molecular formula is C4H7Cl5O. The maximum Gasteiger partial charge on any atom is 0.118 e. The molecule has 6 heteroatoms. The highest BCUT2D eigenvalue weighted by molar-refractivity contribution is 6.58. The minimum atomic E-state index is 0.0895. The van der Waals surface area contributed by atoms with Crippen LogP contribution in [0.4, 0.5) is 0 Å². The average Bonchev–Trinajstić information content (AvgIpc) is 1.94. The van der Waals surface area contributed by atoms with Gasteiger partial charge in [0, 0.05) is 12.6 Å². The SMILES string of the molecule is CO.ClC=C(Cl)Cl.ClCCl. The van der Waals surface area contributed by atoms with Gasteiger partial charge in [0.1, 0.15) is 4.49 Å². The summed E-state index contributed by atoms with van der Waals surface area (Å²) in [6, 6.07) is 0. The fraction of sp³-hybridized carbons (Fsp3) is 0.500. The normalized spacial score (nSPS) is 5.90. The molecule has 0 aliphatic heterocycles. The van der Waals surface area contributed by atoms with Crippen molar-refractivity contribution in [2.45, 2.75) is 0 Å². The number of aliphatic hydroxyl groups is 1. The maximum absolute atomic E-state index is 7.00. The van der Waals surface area contributed by atoms with Gasteiger partial charge in [-0.3, -0.25) is 0 Å². The first kappa shape index (κ1) is 17.3. The van der Waals surface area contributed by atoms with Gasteiger partial charge in [-0.2, -0.15) is 0 Å². The Morgan fingerprint density at radius 1 is 1.30 bits per heavy atom. The van der Waals surface area contributed by atoms with Crippen molar-refractivity contribution < 1.29 is 5.11 Å². The second-order valence-electron chi connectivity index (χ2n) is 0.500. The van der Waals surface area contributed by atoms with Gasteiger partial charge in [-0.15, -0.1) is 23.2 Å². The molecule has 0 fully saturated rings. The van der Waals surface area contributed by atoms with Crippen molar-refractivity contribution in [1.29, 1.82) is 0 Å². The molecule has 1 N–H and O–H groups in total. The lowest BCUT2D eigenvalue weighted by molar-refractivity contribution is 0.399. The van der Waals surface area contributed by atoms with Crippen LogP contribution in [0.1, 0.15) is 0 Å². The average molecular weight is 248 g/mol. The predicted molar refractivity (Wildman–Crippen MR) is 50.4 cm³/mol. The molecule has 10 heavy (non-hydrogen) atoms. The van der Waals surface area contributed by atoms with Gasteiger partial charge in [-0.05, 0) is 0 Å². The van der Waals surface area contributed by atoms with Crippen LogP contribution in [0.15, 0.2) is 10.0 Å². The Labute approximate surface area is 85.5 Å². The van der Waals surface area contributed by atoms with Crippen LogP contribution in [0.5, 0.6) is 0 Å².